The summed E-state index contributed by atoms with van der Waals surface area (Å²) in [5, 5.41) is 11.4. The van der Waals surface area contributed by atoms with Crippen LogP contribution in [-0.4, -0.2) is 75.6 Å². The predicted octanol–water partition coefficient (Wildman–Crippen LogP) is 4.15. The summed E-state index contributed by atoms with van der Waals surface area (Å²) in [5.74, 6) is 2.56. The molecule has 0 amide bonds. The molecule has 0 spiro atoms. The molecule has 0 saturated carbocycles. The molecule has 200 valence electrons. The molecule has 0 unspecified atom stereocenters. The Hall–Kier alpha value is -2.81. The molecule has 8 nitrogen and oxygen atoms in total. The second-order valence-corrected chi connectivity index (χ2v) is 9.37. The number of fused-ring (bicyclic) bond motifs is 1. The highest BCUT2D eigenvalue weighted by Gasteiger charge is 2.32. The van der Waals surface area contributed by atoms with E-state index in [4.69, 9.17) is 23.7 Å². The lowest BCUT2D eigenvalue weighted by molar-refractivity contribution is -0.121. The Morgan fingerprint density at radius 2 is 1.86 bits per heavy atom. The Bertz CT molecular complexity index is 992. The summed E-state index contributed by atoms with van der Waals surface area (Å²) in [6, 6.07) is 13.1. The third kappa shape index (κ3) is 6.90. The van der Waals surface area contributed by atoms with Crippen molar-refractivity contribution in [1.82, 2.24) is 4.90 Å². The number of carbonyl (C=O) groups excluding carboxylic acids is 1. The number of Topliss-reactive ketones (excluding diaryl/α,β-unsaturated/α-hetero) is 1. The zero-order chi connectivity index (χ0) is 25.3. The maximum Gasteiger partial charge on any atom is 0.161 e. The van der Waals surface area contributed by atoms with Crippen LogP contribution in [0.15, 0.2) is 42.5 Å². The molecule has 0 radical (unpaired) electrons. The SMILES string of the molecule is COC[C@@H]1CCCN1C[C@@H](CC(=O)CCOc1ccc(OC)cc1)[C@@H](O)c1ccc2c(c1)OCCO2.[HH].[HH]. The van der Waals surface area contributed by atoms with Gasteiger partial charge >= 0.3 is 0 Å². The van der Waals surface area contributed by atoms with E-state index in [0.717, 1.165) is 30.7 Å². The number of aliphatic hydroxyl groups excluding tert-OH is 1. The van der Waals surface area contributed by atoms with Crippen molar-refractivity contribution in [2.45, 2.75) is 37.8 Å². The standard InChI is InChI=1S/C28H37NO7.2H2/c1-32-19-22-4-3-12-29(22)18-21(28(31)20-5-10-26-27(17-20)36-15-14-35-26)16-23(30)11-13-34-25-8-6-24(33-2)7-9-25;;/h5-10,17,21-22,28,31H,3-4,11-16,18-19H2,1-2H3;2*1H/t21-,22+,28+;;/m1../s1. The van der Waals surface area contributed by atoms with Gasteiger partial charge in [0.1, 0.15) is 30.5 Å². The van der Waals surface area contributed by atoms with E-state index in [0.29, 0.717) is 49.7 Å². The van der Waals surface area contributed by atoms with Crippen LogP contribution in [0.1, 0.15) is 40.2 Å². The van der Waals surface area contributed by atoms with Crippen molar-refractivity contribution in [2.24, 2.45) is 5.92 Å². The Morgan fingerprint density at radius 1 is 1.11 bits per heavy atom. The molecular formula is C28H41NO7. The van der Waals surface area contributed by atoms with E-state index in [9.17, 15) is 9.90 Å². The molecule has 4 rings (SSSR count). The third-order valence-corrected chi connectivity index (χ3v) is 6.88. The topological polar surface area (TPSA) is 86.7 Å². The maximum atomic E-state index is 13.0. The number of hydrogen-bond acceptors (Lipinski definition) is 8. The minimum absolute atomic E-state index is 0. The molecule has 2 aromatic carbocycles. The number of hydrogen-bond donors (Lipinski definition) is 1. The second kappa shape index (κ2) is 12.9. The molecule has 0 aromatic heterocycles. The molecule has 1 saturated heterocycles. The van der Waals surface area contributed by atoms with Gasteiger partial charge in [0, 0.05) is 41.3 Å². The summed E-state index contributed by atoms with van der Waals surface area (Å²) < 4.78 is 27.7. The molecule has 3 atom stereocenters. The van der Waals surface area contributed by atoms with Gasteiger partial charge in [-0.1, -0.05) is 6.07 Å². The van der Waals surface area contributed by atoms with Crippen LogP contribution in [0.25, 0.3) is 0 Å². The van der Waals surface area contributed by atoms with Crippen LogP contribution in [0.2, 0.25) is 0 Å². The third-order valence-electron chi connectivity index (χ3n) is 6.88. The lowest BCUT2D eigenvalue weighted by atomic mass is 9.89. The first-order chi connectivity index (χ1) is 17.6. The molecular weight excluding hydrogens is 462 g/mol. The first kappa shape index (κ1) is 26.3. The number of rotatable bonds is 13. The van der Waals surface area contributed by atoms with Gasteiger partial charge in [0.2, 0.25) is 0 Å². The number of carbonyl (C=O) groups is 1. The van der Waals surface area contributed by atoms with E-state index in [-0.39, 0.29) is 34.0 Å². The zero-order valence-corrected chi connectivity index (χ0v) is 21.2. The number of benzene rings is 2. The summed E-state index contributed by atoms with van der Waals surface area (Å²) in [6.45, 7) is 3.49. The second-order valence-electron chi connectivity index (χ2n) is 9.37. The fraction of sp³-hybridized carbons (Fsp3) is 0.536. The highest BCUT2D eigenvalue weighted by molar-refractivity contribution is 5.78. The number of ketones is 1. The normalized spacial score (nSPS) is 19.0. The van der Waals surface area contributed by atoms with Gasteiger partial charge in [-0.25, -0.2) is 0 Å². The smallest absolute Gasteiger partial charge is 0.161 e. The molecule has 0 bridgehead atoms. The van der Waals surface area contributed by atoms with Crippen LogP contribution in [0.5, 0.6) is 23.0 Å². The summed E-state index contributed by atoms with van der Waals surface area (Å²) in [7, 11) is 3.33. The summed E-state index contributed by atoms with van der Waals surface area (Å²) in [4.78, 5) is 15.3. The van der Waals surface area contributed by atoms with Gasteiger partial charge in [0.05, 0.1) is 26.4 Å². The number of likely N-dealkylation sites (tertiary alicyclic amines) is 1. The van der Waals surface area contributed by atoms with Crippen molar-refractivity contribution in [3.8, 4) is 23.0 Å². The molecule has 2 heterocycles. The van der Waals surface area contributed by atoms with Gasteiger partial charge in [-0.15, -0.1) is 0 Å². The number of methoxy groups -OCH3 is 2. The largest absolute Gasteiger partial charge is 0.497 e. The quantitative estimate of drug-likeness (QED) is 0.436. The Labute approximate surface area is 216 Å². The van der Waals surface area contributed by atoms with Crippen molar-refractivity contribution >= 4 is 5.78 Å². The van der Waals surface area contributed by atoms with Gasteiger partial charge in [-0.2, -0.15) is 0 Å². The van der Waals surface area contributed by atoms with Gasteiger partial charge in [-0.3, -0.25) is 9.69 Å². The average molecular weight is 504 g/mol. The molecule has 0 aliphatic carbocycles. The summed E-state index contributed by atoms with van der Waals surface area (Å²) >= 11 is 0. The van der Waals surface area contributed by atoms with Crippen molar-refractivity contribution in [3.63, 3.8) is 0 Å². The van der Waals surface area contributed by atoms with E-state index < -0.39 is 6.10 Å². The average Bonchev–Trinajstić information content (AvgIpc) is 3.34. The summed E-state index contributed by atoms with van der Waals surface area (Å²) in [5.41, 5.74) is 0.731. The lowest BCUT2D eigenvalue weighted by Gasteiger charge is -2.31. The van der Waals surface area contributed by atoms with E-state index in [1.165, 1.54) is 0 Å². The van der Waals surface area contributed by atoms with Crippen molar-refractivity contribution in [3.05, 3.63) is 48.0 Å². The fourth-order valence-electron chi connectivity index (χ4n) is 4.96. The van der Waals surface area contributed by atoms with E-state index in [2.05, 4.69) is 4.90 Å². The van der Waals surface area contributed by atoms with Crippen molar-refractivity contribution in [2.75, 3.05) is 53.7 Å². The monoisotopic (exact) mass is 503 g/mol. The van der Waals surface area contributed by atoms with Crippen molar-refractivity contribution < 1.29 is 36.4 Å². The lowest BCUT2D eigenvalue weighted by Crippen LogP contribution is -2.39. The van der Waals surface area contributed by atoms with Gasteiger partial charge in [0.25, 0.3) is 0 Å². The molecule has 2 aliphatic heterocycles. The highest BCUT2D eigenvalue weighted by Crippen LogP contribution is 2.36. The molecule has 1 N–H and O–H groups in total. The molecule has 8 heteroatoms. The maximum absolute atomic E-state index is 13.0. The minimum atomic E-state index is -0.809. The van der Waals surface area contributed by atoms with E-state index in [1.807, 2.05) is 42.5 Å². The first-order valence-electron chi connectivity index (χ1n) is 12.7. The number of nitrogens with zero attached hydrogens (tertiary/aromatic N) is 1. The molecule has 2 aromatic rings. The van der Waals surface area contributed by atoms with Crippen LogP contribution < -0.4 is 18.9 Å². The Kier molecular flexibility index (Phi) is 9.44. The van der Waals surface area contributed by atoms with Crippen molar-refractivity contribution in [1.29, 1.82) is 0 Å². The van der Waals surface area contributed by atoms with Crippen LogP contribution in [-0.2, 0) is 9.53 Å². The predicted molar refractivity (Wildman–Crippen MR) is 139 cm³/mol. The molecule has 1 fully saturated rings. The van der Waals surface area contributed by atoms with E-state index >= 15 is 0 Å². The Morgan fingerprint density at radius 3 is 2.61 bits per heavy atom. The van der Waals surface area contributed by atoms with Gasteiger partial charge < -0.3 is 28.8 Å². The zero-order valence-electron chi connectivity index (χ0n) is 21.2. The van der Waals surface area contributed by atoms with Gasteiger partial charge in [0.15, 0.2) is 11.5 Å². The minimum Gasteiger partial charge on any atom is -0.497 e. The first-order valence-corrected chi connectivity index (χ1v) is 12.7. The number of ether oxygens (including phenoxy) is 5. The van der Waals surface area contributed by atoms with Crippen LogP contribution >= 0.6 is 0 Å². The van der Waals surface area contributed by atoms with Crippen LogP contribution in [0, 0.1) is 5.92 Å². The molecule has 2 aliphatic rings. The number of aliphatic hydroxyl groups is 1. The Balaban J connectivity index is 0.00000253. The highest BCUT2D eigenvalue weighted by atomic mass is 16.6. The van der Waals surface area contributed by atoms with Crippen LogP contribution in [0.4, 0.5) is 0 Å². The molecule has 36 heavy (non-hydrogen) atoms. The van der Waals surface area contributed by atoms with Crippen LogP contribution in [0.3, 0.4) is 0 Å². The van der Waals surface area contributed by atoms with E-state index in [1.54, 1.807) is 14.2 Å². The fourth-order valence-corrected chi connectivity index (χ4v) is 4.96. The van der Waals surface area contributed by atoms with Gasteiger partial charge in [-0.05, 0) is 61.3 Å². The summed E-state index contributed by atoms with van der Waals surface area (Å²) in [6.07, 6.45) is 1.88.